The highest BCUT2D eigenvalue weighted by molar-refractivity contribution is 5.86. The molecule has 2 unspecified atom stereocenters. The van der Waals surface area contributed by atoms with Gasteiger partial charge < -0.3 is 16.0 Å². The minimum absolute atomic E-state index is 0. The third-order valence-corrected chi connectivity index (χ3v) is 3.57. The number of likely N-dealkylation sites (N-methyl/N-ethyl adjacent to an activating group) is 1. The molecule has 6 heteroatoms. The van der Waals surface area contributed by atoms with E-state index in [4.69, 9.17) is 5.73 Å². The second kappa shape index (κ2) is 10.2. The van der Waals surface area contributed by atoms with Gasteiger partial charge in [0.2, 0.25) is 11.8 Å². The van der Waals surface area contributed by atoms with Crippen LogP contribution in [0.2, 0.25) is 0 Å². The molecule has 0 saturated heterocycles. The third-order valence-electron chi connectivity index (χ3n) is 3.57. The monoisotopic (exact) mass is 327 g/mol. The molecular weight excluding hydrogens is 302 g/mol. The predicted molar refractivity (Wildman–Crippen MR) is 90.6 cm³/mol. The van der Waals surface area contributed by atoms with Gasteiger partial charge in [0.25, 0.3) is 0 Å². The normalized spacial score (nSPS) is 12.7. The Balaban J connectivity index is 0.00000441. The Bertz CT molecular complexity index is 466. The maximum atomic E-state index is 12.2. The lowest BCUT2D eigenvalue weighted by molar-refractivity contribution is -0.134. The smallest absolute Gasteiger partial charge is 0.242 e. The van der Waals surface area contributed by atoms with Gasteiger partial charge in [-0.2, -0.15) is 0 Å². The molecule has 22 heavy (non-hydrogen) atoms. The van der Waals surface area contributed by atoms with E-state index in [1.165, 1.54) is 0 Å². The molecule has 1 aromatic carbocycles. The van der Waals surface area contributed by atoms with Crippen molar-refractivity contribution in [3.05, 3.63) is 35.9 Å². The van der Waals surface area contributed by atoms with Crippen LogP contribution in [0.4, 0.5) is 0 Å². The van der Waals surface area contributed by atoms with E-state index in [1.54, 1.807) is 18.7 Å². The highest BCUT2D eigenvalue weighted by Gasteiger charge is 2.19. The van der Waals surface area contributed by atoms with Gasteiger partial charge in [0.15, 0.2) is 0 Å². The molecule has 0 spiro atoms. The van der Waals surface area contributed by atoms with E-state index in [9.17, 15) is 9.59 Å². The number of carbonyl (C=O) groups is 2. The number of hydrogen-bond acceptors (Lipinski definition) is 3. The largest absolute Gasteiger partial charge is 0.347 e. The zero-order valence-corrected chi connectivity index (χ0v) is 14.2. The lowest BCUT2D eigenvalue weighted by Crippen LogP contribution is -2.44. The average Bonchev–Trinajstić information content (AvgIpc) is 2.49. The number of nitrogens with one attached hydrogen (secondary N) is 1. The second-order valence-corrected chi connectivity index (χ2v) is 5.26. The Morgan fingerprint density at radius 1 is 1.23 bits per heavy atom. The summed E-state index contributed by atoms with van der Waals surface area (Å²) in [6.07, 6.45) is 0. The van der Waals surface area contributed by atoms with Crippen molar-refractivity contribution in [1.82, 2.24) is 10.2 Å². The Morgan fingerprint density at radius 2 is 1.82 bits per heavy atom. The highest BCUT2D eigenvalue weighted by Crippen LogP contribution is 2.04. The van der Waals surface area contributed by atoms with Gasteiger partial charge in [-0.1, -0.05) is 37.3 Å². The zero-order valence-electron chi connectivity index (χ0n) is 13.4. The quantitative estimate of drug-likeness (QED) is 0.798. The van der Waals surface area contributed by atoms with Crippen LogP contribution in [-0.4, -0.2) is 35.8 Å². The van der Waals surface area contributed by atoms with Crippen molar-refractivity contribution in [3.8, 4) is 0 Å². The Labute approximate surface area is 138 Å². The van der Waals surface area contributed by atoms with E-state index in [1.807, 2.05) is 37.3 Å². The van der Waals surface area contributed by atoms with Crippen molar-refractivity contribution >= 4 is 24.2 Å². The Morgan fingerprint density at radius 3 is 2.32 bits per heavy atom. The molecule has 0 heterocycles. The summed E-state index contributed by atoms with van der Waals surface area (Å²) in [4.78, 5) is 25.7. The summed E-state index contributed by atoms with van der Waals surface area (Å²) in [5.41, 5.74) is 6.75. The fraction of sp³-hybridized carbons (Fsp3) is 0.500. The first kappa shape index (κ1) is 20.4. The van der Waals surface area contributed by atoms with E-state index in [0.29, 0.717) is 13.1 Å². The number of benzene rings is 1. The summed E-state index contributed by atoms with van der Waals surface area (Å²) in [5.74, 6) is -0.581. The molecule has 0 fully saturated rings. The fourth-order valence-electron chi connectivity index (χ4n) is 1.85. The molecule has 5 nitrogen and oxygen atoms in total. The number of nitrogens with two attached hydrogens (primary N) is 1. The van der Waals surface area contributed by atoms with Gasteiger partial charge in [0.1, 0.15) is 0 Å². The van der Waals surface area contributed by atoms with Crippen LogP contribution < -0.4 is 11.1 Å². The van der Waals surface area contributed by atoms with Crippen molar-refractivity contribution in [1.29, 1.82) is 0 Å². The lowest BCUT2D eigenvalue weighted by atomic mass is 10.0. The molecule has 0 aromatic heterocycles. The number of hydrogen-bond donors (Lipinski definition) is 2. The van der Waals surface area contributed by atoms with Gasteiger partial charge in [-0.15, -0.1) is 12.4 Å². The molecule has 0 saturated carbocycles. The van der Waals surface area contributed by atoms with Gasteiger partial charge in [-0.3, -0.25) is 9.59 Å². The standard InChI is InChI=1S/C16H25N3O2.ClH/c1-4-19(11-14-8-6-5-7-9-14)15(20)10-18-16(21)12(2)13(3)17;/h5-9,12-13H,4,10-11,17H2,1-3H3,(H,18,21);1H. The van der Waals surface area contributed by atoms with E-state index >= 15 is 0 Å². The molecule has 0 bridgehead atoms. The second-order valence-electron chi connectivity index (χ2n) is 5.26. The first-order valence-corrected chi connectivity index (χ1v) is 7.30. The first-order valence-electron chi connectivity index (χ1n) is 7.30. The molecule has 0 aliphatic rings. The first-order chi connectivity index (χ1) is 9.95. The number of halogens is 1. The molecule has 1 aromatic rings. The van der Waals surface area contributed by atoms with Crippen molar-refractivity contribution in [2.75, 3.05) is 13.1 Å². The van der Waals surface area contributed by atoms with Crippen LogP contribution >= 0.6 is 12.4 Å². The Hall–Kier alpha value is -1.59. The minimum Gasteiger partial charge on any atom is -0.347 e. The maximum absolute atomic E-state index is 12.2. The van der Waals surface area contributed by atoms with Crippen LogP contribution in [0.25, 0.3) is 0 Å². The summed E-state index contributed by atoms with van der Waals surface area (Å²) < 4.78 is 0. The van der Waals surface area contributed by atoms with E-state index in [0.717, 1.165) is 5.56 Å². The topological polar surface area (TPSA) is 75.4 Å². The number of amides is 2. The van der Waals surface area contributed by atoms with Gasteiger partial charge in [-0.25, -0.2) is 0 Å². The van der Waals surface area contributed by atoms with Crippen molar-refractivity contribution in [3.63, 3.8) is 0 Å². The van der Waals surface area contributed by atoms with Gasteiger partial charge in [-0.05, 0) is 19.4 Å². The summed E-state index contributed by atoms with van der Waals surface area (Å²) in [7, 11) is 0. The molecule has 2 atom stereocenters. The predicted octanol–water partition coefficient (Wildman–Crippen LogP) is 1.56. The van der Waals surface area contributed by atoms with E-state index < -0.39 is 0 Å². The maximum Gasteiger partial charge on any atom is 0.242 e. The van der Waals surface area contributed by atoms with Crippen LogP contribution in [-0.2, 0) is 16.1 Å². The summed E-state index contributed by atoms with van der Waals surface area (Å²) >= 11 is 0. The van der Waals surface area contributed by atoms with Crippen LogP contribution in [0.15, 0.2) is 30.3 Å². The summed E-state index contributed by atoms with van der Waals surface area (Å²) in [5, 5.41) is 2.65. The lowest BCUT2D eigenvalue weighted by Gasteiger charge is -2.22. The minimum atomic E-state index is -0.304. The molecule has 3 N–H and O–H groups in total. The number of carbonyl (C=O) groups excluding carboxylic acids is 2. The molecule has 0 aliphatic carbocycles. The van der Waals surface area contributed by atoms with Crippen molar-refractivity contribution in [2.45, 2.75) is 33.4 Å². The van der Waals surface area contributed by atoms with Crippen LogP contribution in [0.3, 0.4) is 0 Å². The highest BCUT2D eigenvalue weighted by atomic mass is 35.5. The average molecular weight is 328 g/mol. The SMILES string of the molecule is CCN(Cc1ccccc1)C(=O)CNC(=O)C(C)C(C)N.Cl. The molecule has 0 radical (unpaired) electrons. The molecule has 124 valence electrons. The molecule has 0 aliphatic heterocycles. The van der Waals surface area contributed by atoms with Crippen LogP contribution in [0.5, 0.6) is 0 Å². The van der Waals surface area contributed by atoms with Crippen molar-refractivity contribution in [2.24, 2.45) is 11.7 Å². The zero-order chi connectivity index (χ0) is 15.8. The van der Waals surface area contributed by atoms with Gasteiger partial charge in [0, 0.05) is 25.0 Å². The third kappa shape index (κ3) is 6.45. The fourth-order valence-corrected chi connectivity index (χ4v) is 1.85. The summed E-state index contributed by atoms with van der Waals surface area (Å²) in [6, 6.07) is 9.56. The summed E-state index contributed by atoms with van der Waals surface area (Å²) in [6.45, 7) is 6.62. The van der Waals surface area contributed by atoms with Gasteiger partial charge >= 0.3 is 0 Å². The Kier molecular flexibility index (Phi) is 9.45. The van der Waals surface area contributed by atoms with Crippen molar-refractivity contribution < 1.29 is 9.59 Å². The molecular formula is C16H26ClN3O2. The molecule has 1 rings (SSSR count). The van der Waals surface area contributed by atoms with Crippen LogP contribution in [0.1, 0.15) is 26.3 Å². The number of nitrogens with zero attached hydrogens (tertiary/aromatic N) is 1. The number of rotatable bonds is 7. The van der Waals surface area contributed by atoms with E-state index in [-0.39, 0.29) is 42.7 Å². The van der Waals surface area contributed by atoms with Crippen LogP contribution in [0, 0.1) is 5.92 Å². The van der Waals surface area contributed by atoms with Gasteiger partial charge in [0.05, 0.1) is 6.54 Å². The van der Waals surface area contributed by atoms with E-state index in [2.05, 4.69) is 5.32 Å². The molecule has 2 amide bonds.